The molecule has 27 heavy (non-hydrogen) atoms. The van der Waals surface area contributed by atoms with Crippen LogP contribution >= 0.6 is 11.3 Å². The molecule has 0 aliphatic heterocycles. The molecule has 0 unspecified atom stereocenters. The maximum atomic E-state index is 12.4. The number of furan rings is 1. The number of hydrogen-bond acceptors (Lipinski definition) is 6. The molecule has 0 fully saturated rings. The number of benzene rings is 1. The molecule has 0 atom stereocenters. The van der Waals surface area contributed by atoms with Gasteiger partial charge >= 0.3 is 11.8 Å². The Hall–Kier alpha value is -2.78. The van der Waals surface area contributed by atoms with Crippen molar-refractivity contribution in [2.24, 2.45) is 4.99 Å². The van der Waals surface area contributed by atoms with E-state index in [1.807, 2.05) is 31.4 Å². The van der Waals surface area contributed by atoms with Gasteiger partial charge in [-0.3, -0.25) is 14.9 Å². The standard InChI is InChI=1S/C18H19N3O5S/c1-4-25-8-7-20-16-12(3)9-11(2)10-14(16)27-18(20)19-17(22)13-5-6-15(26-13)21(23)24/h5-6,9-10H,4,7-8H2,1-3H3. The van der Waals surface area contributed by atoms with Crippen molar-refractivity contribution < 1.29 is 18.9 Å². The number of fused-ring (bicyclic) bond motifs is 1. The summed E-state index contributed by atoms with van der Waals surface area (Å²) >= 11 is 1.39. The van der Waals surface area contributed by atoms with E-state index in [4.69, 9.17) is 9.15 Å². The van der Waals surface area contributed by atoms with E-state index in [2.05, 4.69) is 11.1 Å². The quantitative estimate of drug-likeness (QED) is 0.364. The summed E-state index contributed by atoms with van der Waals surface area (Å²) in [5.74, 6) is -1.31. The highest BCUT2D eigenvalue weighted by molar-refractivity contribution is 7.16. The van der Waals surface area contributed by atoms with Gasteiger partial charge in [-0.05, 0) is 44.0 Å². The predicted molar refractivity (Wildman–Crippen MR) is 101 cm³/mol. The normalized spacial score (nSPS) is 12.0. The lowest BCUT2D eigenvalue weighted by atomic mass is 10.1. The first kappa shape index (κ1) is 19.0. The van der Waals surface area contributed by atoms with E-state index in [0.29, 0.717) is 24.6 Å². The minimum Gasteiger partial charge on any atom is -0.395 e. The highest BCUT2D eigenvalue weighted by atomic mass is 32.1. The van der Waals surface area contributed by atoms with E-state index in [1.165, 1.54) is 17.4 Å². The Morgan fingerprint density at radius 2 is 2.15 bits per heavy atom. The number of ether oxygens (including phenoxy) is 1. The first-order chi connectivity index (χ1) is 12.9. The van der Waals surface area contributed by atoms with Crippen LogP contribution in [0.5, 0.6) is 0 Å². The highest BCUT2D eigenvalue weighted by Crippen LogP contribution is 2.23. The minimum absolute atomic E-state index is 0.164. The average molecular weight is 389 g/mol. The molecule has 0 N–H and O–H groups in total. The Morgan fingerprint density at radius 1 is 1.37 bits per heavy atom. The van der Waals surface area contributed by atoms with Crippen molar-refractivity contribution in [3.8, 4) is 0 Å². The van der Waals surface area contributed by atoms with Crippen LogP contribution in [0.15, 0.2) is 33.7 Å². The number of carbonyl (C=O) groups excluding carboxylic acids is 1. The van der Waals surface area contributed by atoms with E-state index in [1.54, 1.807) is 0 Å². The zero-order valence-corrected chi connectivity index (χ0v) is 16.0. The van der Waals surface area contributed by atoms with Gasteiger partial charge in [0.25, 0.3) is 0 Å². The molecule has 0 saturated heterocycles. The van der Waals surface area contributed by atoms with Crippen molar-refractivity contribution >= 4 is 33.3 Å². The topological polar surface area (TPSA) is 99.9 Å². The van der Waals surface area contributed by atoms with Crippen LogP contribution in [0.4, 0.5) is 5.88 Å². The van der Waals surface area contributed by atoms with Gasteiger partial charge < -0.3 is 13.7 Å². The maximum absolute atomic E-state index is 12.4. The molecule has 3 aromatic rings. The van der Waals surface area contributed by atoms with Gasteiger partial charge in [-0.1, -0.05) is 17.4 Å². The number of thiazole rings is 1. The van der Waals surface area contributed by atoms with Gasteiger partial charge in [0, 0.05) is 13.2 Å². The molecule has 3 rings (SSSR count). The second kappa shape index (κ2) is 7.85. The van der Waals surface area contributed by atoms with Crippen molar-refractivity contribution in [2.45, 2.75) is 27.3 Å². The molecule has 8 nitrogen and oxygen atoms in total. The highest BCUT2D eigenvalue weighted by Gasteiger charge is 2.18. The number of rotatable bonds is 6. The van der Waals surface area contributed by atoms with E-state index >= 15 is 0 Å². The zero-order valence-electron chi connectivity index (χ0n) is 15.2. The van der Waals surface area contributed by atoms with Crippen molar-refractivity contribution in [2.75, 3.05) is 13.2 Å². The molecule has 9 heteroatoms. The molecule has 0 aliphatic rings. The molecule has 1 aromatic carbocycles. The molecule has 1 amide bonds. The minimum atomic E-state index is -0.690. The molecular weight excluding hydrogens is 370 g/mol. The largest absolute Gasteiger partial charge is 0.433 e. The molecule has 0 radical (unpaired) electrons. The smallest absolute Gasteiger partial charge is 0.395 e. The molecule has 2 heterocycles. The van der Waals surface area contributed by atoms with Crippen LogP contribution in [0.25, 0.3) is 10.2 Å². The molecular formula is C18H19N3O5S. The fourth-order valence-electron chi connectivity index (χ4n) is 2.87. The van der Waals surface area contributed by atoms with Gasteiger partial charge in [-0.25, -0.2) is 0 Å². The molecule has 0 aliphatic carbocycles. The Bertz CT molecular complexity index is 1080. The molecule has 0 saturated carbocycles. The summed E-state index contributed by atoms with van der Waals surface area (Å²) in [6, 6.07) is 6.53. The fraction of sp³-hybridized carbons (Fsp3) is 0.333. The number of aryl methyl sites for hydroxylation is 2. The zero-order chi connectivity index (χ0) is 19.6. The first-order valence-electron chi connectivity index (χ1n) is 8.42. The fourth-order valence-corrected chi connectivity index (χ4v) is 4.10. The maximum Gasteiger partial charge on any atom is 0.433 e. The first-order valence-corrected chi connectivity index (χ1v) is 9.24. The Labute approximate surface area is 158 Å². The summed E-state index contributed by atoms with van der Waals surface area (Å²) in [4.78, 5) is 27.1. The summed E-state index contributed by atoms with van der Waals surface area (Å²) in [5, 5.41) is 10.7. The number of amides is 1. The van der Waals surface area contributed by atoms with Crippen molar-refractivity contribution in [1.29, 1.82) is 0 Å². The van der Waals surface area contributed by atoms with Gasteiger partial charge in [0.15, 0.2) is 4.80 Å². The summed E-state index contributed by atoms with van der Waals surface area (Å²) in [5.41, 5.74) is 3.21. The number of aromatic nitrogens is 1. The Balaban J connectivity index is 2.09. The summed E-state index contributed by atoms with van der Waals surface area (Å²) in [6.45, 7) is 7.58. The second-order valence-corrected chi connectivity index (χ2v) is 6.98. The summed E-state index contributed by atoms with van der Waals surface area (Å²) in [7, 11) is 0. The van der Waals surface area contributed by atoms with E-state index in [-0.39, 0.29) is 5.76 Å². The third kappa shape index (κ3) is 3.99. The Morgan fingerprint density at radius 3 is 2.81 bits per heavy atom. The summed E-state index contributed by atoms with van der Waals surface area (Å²) in [6.07, 6.45) is 0. The predicted octanol–water partition coefficient (Wildman–Crippen LogP) is 3.60. The van der Waals surface area contributed by atoms with Gasteiger partial charge in [0.05, 0.1) is 22.9 Å². The molecule has 0 bridgehead atoms. The van der Waals surface area contributed by atoms with Crippen LogP contribution in [0, 0.1) is 24.0 Å². The van der Waals surface area contributed by atoms with Crippen LogP contribution in [-0.2, 0) is 11.3 Å². The van der Waals surface area contributed by atoms with Gasteiger partial charge in [-0.2, -0.15) is 4.99 Å². The third-order valence-corrected chi connectivity index (χ3v) is 4.98. The molecule has 142 valence electrons. The van der Waals surface area contributed by atoms with E-state index in [0.717, 1.165) is 27.4 Å². The van der Waals surface area contributed by atoms with Crippen molar-refractivity contribution in [1.82, 2.24) is 4.57 Å². The van der Waals surface area contributed by atoms with E-state index in [9.17, 15) is 14.9 Å². The lowest BCUT2D eigenvalue weighted by Crippen LogP contribution is -2.20. The van der Waals surface area contributed by atoms with Crippen LogP contribution < -0.4 is 4.80 Å². The van der Waals surface area contributed by atoms with Crippen LogP contribution in [-0.4, -0.2) is 28.6 Å². The molecule has 2 aromatic heterocycles. The van der Waals surface area contributed by atoms with Crippen molar-refractivity contribution in [3.05, 3.63) is 56.1 Å². The number of carbonyl (C=O) groups is 1. The number of nitrogens with zero attached hydrogens (tertiary/aromatic N) is 3. The Kier molecular flexibility index (Phi) is 5.52. The van der Waals surface area contributed by atoms with Crippen LogP contribution in [0.2, 0.25) is 0 Å². The van der Waals surface area contributed by atoms with Crippen LogP contribution in [0.3, 0.4) is 0 Å². The van der Waals surface area contributed by atoms with Crippen LogP contribution in [0.1, 0.15) is 28.6 Å². The van der Waals surface area contributed by atoms with E-state index < -0.39 is 16.7 Å². The third-order valence-electron chi connectivity index (χ3n) is 3.96. The number of hydrogen-bond donors (Lipinski definition) is 0. The van der Waals surface area contributed by atoms with Gasteiger partial charge in [0.2, 0.25) is 5.76 Å². The summed E-state index contributed by atoms with van der Waals surface area (Å²) < 4.78 is 13.4. The van der Waals surface area contributed by atoms with Gasteiger partial charge in [-0.15, -0.1) is 0 Å². The monoisotopic (exact) mass is 389 g/mol. The number of nitro groups is 1. The lowest BCUT2D eigenvalue weighted by Gasteiger charge is -2.08. The molecule has 0 spiro atoms. The van der Waals surface area contributed by atoms with Gasteiger partial charge in [0.1, 0.15) is 4.92 Å². The average Bonchev–Trinajstić information content (AvgIpc) is 3.21. The van der Waals surface area contributed by atoms with Crippen molar-refractivity contribution in [3.63, 3.8) is 0 Å². The second-order valence-electron chi connectivity index (χ2n) is 5.97. The SMILES string of the molecule is CCOCCn1c(=NC(=O)c2ccc([N+](=O)[O-])o2)sc2cc(C)cc(C)c21. The lowest BCUT2D eigenvalue weighted by molar-refractivity contribution is -0.402.